The molecule has 0 aromatic heterocycles. The van der Waals surface area contributed by atoms with Gasteiger partial charge in [-0.05, 0) is 44.1 Å². The Morgan fingerprint density at radius 1 is 1.47 bits per heavy atom. The summed E-state index contributed by atoms with van der Waals surface area (Å²) in [4.78, 5) is 2.32. The average Bonchev–Trinajstić information content (AvgIpc) is 2.39. The first-order valence-corrected chi connectivity index (χ1v) is 5.98. The lowest BCUT2D eigenvalue weighted by atomic mass is 9.88. The summed E-state index contributed by atoms with van der Waals surface area (Å²) in [6.07, 6.45) is 1.90. The number of likely N-dealkylation sites (tertiary alicyclic amines) is 1. The van der Waals surface area contributed by atoms with Crippen LogP contribution in [0.4, 0.5) is 0 Å². The fourth-order valence-electron chi connectivity index (χ4n) is 2.44. The summed E-state index contributed by atoms with van der Waals surface area (Å²) in [7, 11) is 3.81. The Morgan fingerprint density at radius 3 is 3.00 bits per heavy atom. The van der Waals surface area contributed by atoms with Crippen molar-refractivity contribution in [2.24, 2.45) is 5.92 Å². The smallest absolute Gasteiger partial charge is 0.119 e. The molecule has 0 spiro atoms. The molecule has 1 aliphatic rings. The van der Waals surface area contributed by atoms with Crippen LogP contribution in [0.3, 0.4) is 0 Å². The molecular weight excluding hydrogens is 212 g/mol. The summed E-state index contributed by atoms with van der Waals surface area (Å²) in [5, 5.41) is 9.05. The molecule has 0 N–H and O–H groups in total. The molecule has 1 aliphatic heterocycles. The number of nitrogens with zero attached hydrogens (tertiary/aromatic N) is 2. The predicted octanol–water partition coefficient (Wildman–Crippen LogP) is 2.60. The number of hydrogen-bond donors (Lipinski definition) is 0. The molecule has 0 unspecified atom stereocenters. The van der Waals surface area contributed by atoms with E-state index >= 15 is 0 Å². The molecule has 3 heteroatoms. The van der Waals surface area contributed by atoms with E-state index in [1.165, 1.54) is 5.56 Å². The second-order valence-corrected chi connectivity index (χ2v) is 4.62. The zero-order valence-corrected chi connectivity index (χ0v) is 10.4. The summed E-state index contributed by atoms with van der Waals surface area (Å²) >= 11 is 0. The molecule has 17 heavy (non-hydrogen) atoms. The third-order valence-electron chi connectivity index (χ3n) is 3.53. The molecule has 0 saturated carbocycles. The van der Waals surface area contributed by atoms with Crippen LogP contribution < -0.4 is 4.74 Å². The molecule has 1 aromatic carbocycles. The number of rotatable bonds is 2. The van der Waals surface area contributed by atoms with Gasteiger partial charge in [0.15, 0.2) is 0 Å². The van der Waals surface area contributed by atoms with E-state index in [9.17, 15) is 0 Å². The lowest BCUT2D eigenvalue weighted by Gasteiger charge is -2.35. The van der Waals surface area contributed by atoms with Gasteiger partial charge in [-0.15, -0.1) is 0 Å². The van der Waals surface area contributed by atoms with E-state index in [1.807, 2.05) is 12.1 Å². The quantitative estimate of drug-likeness (QED) is 0.783. The molecule has 1 fully saturated rings. The molecule has 0 aliphatic carbocycles. The second kappa shape index (κ2) is 5.20. The van der Waals surface area contributed by atoms with Gasteiger partial charge < -0.3 is 4.74 Å². The van der Waals surface area contributed by atoms with E-state index < -0.39 is 0 Å². The van der Waals surface area contributed by atoms with Crippen LogP contribution in [0, 0.1) is 17.2 Å². The summed E-state index contributed by atoms with van der Waals surface area (Å²) in [5.74, 6) is 1.07. The van der Waals surface area contributed by atoms with Gasteiger partial charge in [0.2, 0.25) is 0 Å². The lowest BCUT2D eigenvalue weighted by Crippen LogP contribution is -2.33. The van der Waals surface area contributed by atoms with Gasteiger partial charge in [0.05, 0.1) is 13.2 Å². The minimum atomic E-state index is 0.183. The summed E-state index contributed by atoms with van der Waals surface area (Å²) in [5.41, 5.74) is 1.24. The van der Waals surface area contributed by atoms with Crippen molar-refractivity contribution in [3.05, 3.63) is 29.8 Å². The zero-order valence-electron chi connectivity index (χ0n) is 10.4. The molecule has 0 amide bonds. The van der Waals surface area contributed by atoms with E-state index in [-0.39, 0.29) is 5.92 Å². The Labute approximate surface area is 103 Å². The Morgan fingerprint density at radius 2 is 2.29 bits per heavy atom. The first kappa shape index (κ1) is 11.9. The highest BCUT2D eigenvalue weighted by Gasteiger charge is 2.27. The highest BCUT2D eigenvalue weighted by molar-refractivity contribution is 5.31. The highest BCUT2D eigenvalue weighted by Crippen LogP contribution is 2.33. The maximum Gasteiger partial charge on any atom is 0.119 e. The van der Waals surface area contributed by atoms with E-state index in [2.05, 4.69) is 30.1 Å². The van der Waals surface area contributed by atoms with E-state index in [0.717, 1.165) is 25.1 Å². The van der Waals surface area contributed by atoms with Crippen molar-refractivity contribution < 1.29 is 4.74 Å². The van der Waals surface area contributed by atoms with Crippen LogP contribution in [-0.2, 0) is 0 Å². The van der Waals surface area contributed by atoms with Crippen LogP contribution in [0.25, 0.3) is 0 Å². The van der Waals surface area contributed by atoms with Crippen LogP contribution in [0.5, 0.6) is 5.75 Å². The SMILES string of the molecule is COc1cccc([C@H]2C[C@@H](C#N)CCN2C)c1. The van der Waals surface area contributed by atoms with Gasteiger partial charge in [-0.2, -0.15) is 5.26 Å². The van der Waals surface area contributed by atoms with Crippen LogP contribution in [0.2, 0.25) is 0 Å². The monoisotopic (exact) mass is 230 g/mol. The first-order chi connectivity index (χ1) is 8.24. The minimum Gasteiger partial charge on any atom is -0.497 e. The fourth-order valence-corrected chi connectivity index (χ4v) is 2.44. The summed E-state index contributed by atoms with van der Waals surface area (Å²) in [6, 6.07) is 10.9. The molecule has 2 rings (SSSR count). The van der Waals surface area contributed by atoms with Gasteiger partial charge in [-0.25, -0.2) is 0 Å². The van der Waals surface area contributed by atoms with E-state index in [4.69, 9.17) is 10.00 Å². The van der Waals surface area contributed by atoms with Crippen LogP contribution in [-0.4, -0.2) is 25.6 Å². The molecule has 0 radical (unpaired) electrons. The van der Waals surface area contributed by atoms with Gasteiger partial charge in [0.1, 0.15) is 5.75 Å². The largest absolute Gasteiger partial charge is 0.497 e. The van der Waals surface area contributed by atoms with Crippen LogP contribution in [0.15, 0.2) is 24.3 Å². The zero-order chi connectivity index (χ0) is 12.3. The maximum atomic E-state index is 9.05. The van der Waals surface area contributed by atoms with E-state index in [1.54, 1.807) is 7.11 Å². The third-order valence-corrected chi connectivity index (χ3v) is 3.53. The van der Waals surface area contributed by atoms with E-state index in [0.29, 0.717) is 6.04 Å². The molecule has 1 heterocycles. The normalized spacial score (nSPS) is 25.2. The Kier molecular flexibility index (Phi) is 3.65. The topological polar surface area (TPSA) is 36.3 Å². The first-order valence-electron chi connectivity index (χ1n) is 5.98. The van der Waals surface area contributed by atoms with Gasteiger partial charge in [0, 0.05) is 12.0 Å². The Bertz CT molecular complexity index is 424. The number of ether oxygens (including phenoxy) is 1. The summed E-state index contributed by atoms with van der Waals surface area (Å²) in [6.45, 7) is 0.986. The molecular formula is C14H18N2O. The molecule has 1 saturated heterocycles. The fraction of sp³-hybridized carbons (Fsp3) is 0.500. The number of benzene rings is 1. The molecule has 3 nitrogen and oxygen atoms in total. The molecule has 0 bridgehead atoms. The number of hydrogen-bond acceptors (Lipinski definition) is 3. The summed E-state index contributed by atoms with van der Waals surface area (Å²) < 4.78 is 5.25. The van der Waals surface area contributed by atoms with Crippen molar-refractivity contribution in [2.45, 2.75) is 18.9 Å². The molecule has 90 valence electrons. The lowest BCUT2D eigenvalue weighted by molar-refractivity contribution is 0.163. The maximum absolute atomic E-state index is 9.05. The average molecular weight is 230 g/mol. The van der Waals surface area contributed by atoms with Crippen molar-refractivity contribution in [2.75, 3.05) is 20.7 Å². The van der Waals surface area contributed by atoms with Crippen molar-refractivity contribution in [1.29, 1.82) is 5.26 Å². The standard InChI is InChI=1S/C14H18N2O/c1-16-7-6-11(10-15)8-14(16)12-4-3-5-13(9-12)17-2/h3-5,9,11,14H,6-8H2,1-2H3/t11-,14+/m0/s1. The molecule has 1 aromatic rings. The van der Waals surface area contributed by atoms with Gasteiger partial charge in [0.25, 0.3) is 0 Å². The van der Waals surface area contributed by atoms with Gasteiger partial charge in [-0.1, -0.05) is 12.1 Å². The predicted molar refractivity (Wildman–Crippen MR) is 66.7 cm³/mol. The van der Waals surface area contributed by atoms with Crippen LogP contribution >= 0.6 is 0 Å². The van der Waals surface area contributed by atoms with Gasteiger partial charge >= 0.3 is 0 Å². The van der Waals surface area contributed by atoms with Crippen molar-refractivity contribution >= 4 is 0 Å². The Balaban J connectivity index is 2.21. The minimum absolute atomic E-state index is 0.183. The number of nitriles is 1. The molecule has 2 atom stereocenters. The van der Waals surface area contributed by atoms with Crippen molar-refractivity contribution in [1.82, 2.24) is 4.90 Å². The number of piperidine rings is 1. The Hall–Kier alpha value is -1.53. The third kappa shape index (κ3) is 2.59. The van der Waals surface area contributed by atoms with Crippen LogP contribution in [0.1, 0.15) is 24.4 Å². The highest BCUT2D eigenvalue weighted by atomic mass is 16.5. The number of methoxy groups -OCH3 is 1. The van der Waals surface area contributed by atoms with Crippen molar-refractivity contribution in [3.63, 3.8) is 0 Å². The second-order valence-electron chi connectivity index (χ2n) is 4.62. The van der Waals surface area contributed by atoms with Gasteiger partial charge in [-0.3, -0.25) is 4.90 Å². The van der Waals surface area contributed by atoms with Crippen molar-refractivity contribution in [3.8, 4) is 11.8 Å².